The summed E-state index contributed by atoms with van der Waals surface area (Å²) in [7, 11) is 3.62. The van der Waals surface area contributed by atoms with Gasteiger partial charge in [-0.15, -0.1) is 0 Å². The quantitative estimate of drug-likeness (QED) is 0.852. The molecule has 0 saturated carbocycles. The van der Waals surface area contributed by atoms with Crippen molar-refractivity contribution in [1.29, 1.82) is 0 Å². The van der Waals surface area contributed by atoms with Crippen LogP contribution in [0, 0.1) is 6.92 Å². The third-order valence-electron chi connectivity index (χ3n) is 3.67. The second kappa shape index (κ2) is 7.17. The highest BCUT2D eigenvalue weighted by molar-refractivity contribution is 6.36. The molecule has 0 spiro atoms. The van der Waals surface area contributed by atoms with E-state index in [1.165, 1.54) is 11.1 Å². The van der Waals surface area contributed by atoms with Crippen molar-refractivity contribution in [2.75, 3.05) is 14.2 Å². The molecule has 2 nitrogen and oxygen atoms in total. The number of hydrogen-bond acceptors (Lipinski definition) is 2. The fraction of sp³-hybridized carbons (Fsp3) is 0.294. The van der Waals surface area contributed by atoms with Crippen molar-refractivity contribution >= 4 is 23.2 Å². The highest BCUT2D eigenvalue weighted by atomic mass is 35.5. The van der Waals surface area contributed by atoms with E-state index in [1.54, 1.807) is 7.11 Å². The summed E-state index contributed by atoms with van der Waals surface area (Å²) >= 11 is 12.5. The van der Waals surface area contributed by atoms with Crippen molar-refractivity contribution in [2.24, 2.45) is 0 Å². The van der Waals surface area contributed by atoms with Crippen LogP contribution in [0.1, 0.15) is 22.7 Å². The lowest BCUT2D eigenvalue weighted by Crippen LogP contribution is -2.20. The zero-order valence-corrected chi connectivity index (χ0v) is 13.9. The maximum atomic E-state index is 6.27. The normalized spacial score (nSPS) is 12.2. The van der Waals surface area contributed by atoms with Crippen molar-refractivity contribution < 1.29 is 4.74 Å². The lowest BCUT2D eigenvalue weighted by molar-refractivity contribution is 0.414. The van der Waals surface area contributed by atoms with Gasteiger partial charge in [0.05, 0.1) is 7.11 Å². The standard InChI is InChI=1S/C17H19Cl2NO/c1-11-9-12(21-3)7-8-13(11)17(20-2)10-14-15(18)5-4-6-16(14)19/h4-9,17,20H,10H2,1-3H3. The number of ether oxygens (including phenoxy) is 1. The summed E-state index contributed by atoms with van der Waals surface area (Å²) in [6, 6.07) is 11.8. The largest absolute Gasteiger partial charge is 0.497 e. The average molecular weight is 324 g/mol. The number of rotatable bonds is 5. The molecule has 0 fully saturated rings. The second-order valence-corrected chi connectivity index (χ2v) is 5.78. The summed E-state index contributed by atoms with van der Waals surface area (Å²) in [6.45, 7) is 2.08. The van der Waals surface area contributed by atoms with Crippen LogP contribution < -0.4 is 10.1 Å². The Bertz CT molecular complexity index is 608. The van der Waals surface area contributed by atoms with Gasteiger partial charge in [0.15, 0.2) is 0 Å². The minimum Gasteiger partial charge on any atom is -0.497 e. The first-order valence-electron chi connectivity index (χ1n) is 6.81. The summed E-state index contributed by atoms with van der Waals surface area (Å²) < 4.78 is 5.26. The number of methoxy groups -OCH3 is 1. The van der Waals surface area contributed by atoms with Gasteiger partial charge in [-0.1, -0.05) is 35.3 Å². The summed E-state index contributed by atoms with van der Waals surface area (Å²) in [5, 5.41) is 4.75. The molecule has 2 aromatic carbocycles. The maximum Gasteiger partial charge on any atom is 0.119 e. The Labute approximate surface area is 136 Å². The van der Waals surface area contributed by atoms with Crippen LogP contribution in [0.2, 0.25) is 10.0 Å². The van der Waals surface area contributed by atoms with Gasteiger partial charge < -0.3 is 10.1 Å². The Hall–Kier alpha value is -1.22. The van der Waals surface area contributed by atoms with E-state index in [2.05, 4.69) is 18.3 Å². The van der Waals surface area contributed by atoms with Gasteiger partial charge >= 0.3 is 0 Å². The molecular weight excluding hydrogens is 305 g/mol. The third-order valence-corrected chi connectivity index (χ3v) is 4.38. The van der Waals surface area contributed by atoms with E-state index in [9.17, 15) is 0 Å². The van der Waals surface area contributed by atoms with Crippen molar-refractivity contribution in [3.63, 3.8) is 0 Å². The van der Waals surface area contributed by atoms with Crippen molar-refractivity contribution in [1.82, 2.24) is 5.32 Å². The number of nitrogens with one attached hydrogen (secondary N) is 1. The number of hydrogen-bond donors (Lipinski definition) is 1. The van der Waals surface area contributed by atoms with Crippen LogP contribution in [0.4, 0.5) is 0 Å². The van der Waals surface area contributed by atoms with Crippen LogP contribution in [0.25, 0.3) is 0 Å². The smallest absolute Gasteiger partial charge is 0.119 e. The fourth-order valence-electron chi connectivity index (χ4n) is 2.47. The molecule has 0 aliphatic carbocycles. The van der Waals surface area contributed by atoms with E-state index in [-0.39, 0.29) is 6.04 Å². The van der Waals surface area contributed by atoms with Gasteiger partial charge in [-0.05, 0) is 61.3 Å². The SMILES string of the molecule is CNC(Cc1c(Cl)cccc1Cl)c1ccc(OC)cc1C. The molecule has 0 amide bonds. The minimum atomic E-state index is 0.147. The maximum absolute atomic E-state index is 6.27. The van der Waals surface area contributed by atoms with Crippen molar-refractivity contribution in [3.05, 3.63) is 63.1 Å². The van der Waals surface area contributed by atoms with Gasteiger partial charge in [-0.2, -0.15) is 0 Å². The lowest BCUT2D eigenvalue weighted by Gasteiger charge is -2.21. The van der Waals surface area contributed by atoms with Crippen LogP contribution in [-0.4, -0.2) is 14.2 Å². The molecule has 0 aromatic heterocycles. The Balaban J connectivity index is 2.32. The minimum absolute atomic E-state index is 0.147. The summed E-state index contributed by atoms with van der Waals surface area (Å²) in [4.78, 5) is 0. The number of halogens is 2. The van der Waals surface area contributed by atoms with Crippen LogP contribution in [0.5, 0.6) is 5.75 Å². The molecule has 0 heterocycles. The lowest BCUT2D eigenvalue weighted by atomic mass is 9.95. The van der Waals surface area contributed by atoms with E-state index < -0.39 is 0 Å². The van der Waals surface area contributed by atoms with Crippen LogP contribution >= 0.6 is 23.2 Å². The van der Waals surface area contributed by atoms with Crippen LogP contribution in [-0.2, 0) is 6.42 Å². The summed E-state index contributed by atoms with van der Waals surface area (Å²) in [5.41, 5.74) is 3.36. The first kappa shape index (κ1) is 16.2. The molecule has 1 unspecified atom stereocenters. The third kappa shape index (κ3) is 3.70. The highest BCUT2D eigenvalue weighted by Crippen LogP contribution is 2.31. The number of likely N-dealkylation sites (N-methyl/N-ethyl adjacent to an activating group) is 1. The molecule has 0 bridgehead atoms. The fourth-order valence-corrected chi connectivity index (χ4v) is 3.02. The highest BCUT2D eigenvalue weighted by Gasteiger charge is 2.16. The first-order chi connectivity index (χ1) is 10.1. The van der Waals surface area contributed by atoms with Crippen molar-refractivity contribution in [2.45, 2.75) is 19.4 Å². The molecule has 1 N–H and O–H groups in total. The van der Waals surface area contributed by atoms with Crippen LogP contribution in [0.3, 0.4) is 0 Å². The van der Waals surface area contributed by atoms with Crippen LogP contribution in [0.15, 0.2) is 36.4 Å². The monoisotopic (exact) mass is 323 g/mol. The molecule has 2 aromatic rings. The molecule has 0 aliphatic rings. The van der Waals surface area contributed by atoms with Gasteiger partial charge in [-0.25, -0.2) is 0 Å². The van der Waals surface area contributed by atoms with E-state index in [4.69, 9.17) is 27.9 Å². The summed E-state index contributed by atoms with van der Waals surface area (Å²) in [5.74, 6) is 0.863. The Kier molecular flexibility index (Phi) is 5.51. The summed E-state index contributed by atoms with van der Waals surface area (Å²) in [6.07, 6.45) is 0.738. The zero-order chi connectivity index (χ0) is 15.4. The average Bonchev–Trinajstić information content (AvgIpc) is 2.47. The van der Waals surface area contributed by atoms with E-state index in [0.29, 0.717) is 10.0 Å². The van der Waals surface area contributed by atoms with E-state index in [0.717, 1.165) is 17.7 Å². The van der Waals surface area contributed by atoms with Gasteiger partial charge in [0.25, 0.3) is 0 Å². The molecule has 0 radical (unpaired) electrons. The molecule has 2 rings (SSSR count). The number of aryl methyl sites for hydroxylation is 1. The molecule has 21 heavy (non-hydrogen) atoms. The Morgan fingerprint density at radius 1 is 1.14 bits per heavy atom. The van der Waals surface area contributed by atoms with Crippen molar-refractivity contribution in [3.8, 4) is 5.75 Å². The van der Waals surface area contributed by atoms with Gasteiger partial charge in [0.2, 0.25) is 0 Å². The van der Waals surface area contributed by atoms with E-state index in [1.807, 2.05) is 37.4 Å². The Morgan fingerprint density at radius 3 is 2.33 bits per heavy atom. The molecule has 0 saturated heterocycles. The predicted octanol–water partition coefficient (Wildman–Crippen LogP) is 4.81. The van der Waals surface area contributed by atoms with E-state index >= 15 is 0 Å². The van der Waals surface area contributed by atoms with Gasteiger partial charge in [0.1, 0.15) is 5.75 Å². The van der Waals surface area contributed by atoms with Gasteiger partial charge in [-0.3, -0.25) is 0 Å². The second-order valence-electron chi connectivity index (χ2n) is 4.97. The molecule has 4 heteroatoms. The number of benzene rings is 2. The van der Waals surface area contributed by atoms with Gasteiger partial charge in [0, 0.05) is 16.1 Å². The molecule has 0 aliphatic heterocycles. The predicted molar refractivity (Wildman–Crippen MR) is 89.7 cm³/mol. The molecule has 112 valence electrons. The topological polar surface area (TPSA) is 21.3 Å². The Morgan fingerprint density at radius 2 is 1.81 bits per heavy atom. The molecular formula is C17H19Cl2NO. The molecule has 1 atom stereocenters. The first-order valence-corrected chi connectivity index (χ1v) is 7.57. The zero-order valence-electron chi connectivity index (χ0n) is 12.4.